The molecule has 1 amide bonds. The Labute approximate surface area is 115 Å². The summed E-state index contributed by atoms with van der Waals surface area (Å²) in [7, 11) is 0. The number of amides is 1. The number of hydrogen-bond donors (Lipinski definition) is 1. The highest BCUT2D eigenvalue weighted by molar-refractivity contribution is 5.69. The minimum atomic E-state index is -0.497. The van der Waals surface area contributed by atoms with Gasteiger partial charge in [0.1, 0.15) is 5.60 Å². The lowest BCUT2D eigenvalue weighted by atomic mass is 9.57. The Balaban J connectivity index is 2.13. The second-order valence-corrected chi connectivity index (χ2v) is 6.96. The molecule has 0 unspecified atom stereocenters. The Kier molecular flexibility index (Phi) is 3.51. The fourth-order valence-electron chi connectivity index (χ4n) is 3.43. The van der Waals surface area contributed by atoms with Crippen LogP contribution in [0, 0.1) is 16.7 Å². The molecule has 0 heterocycles. The average Bonchev–Trinajstić information content (AvgIpc) is 2.63. The highest BCUT2D eigenvalue weighted by Crippen LogP contribution is 2.55. The summed E-state index contributed by atoms with van der Waals surface area (Å²) < 4.78 is 5.37. The van der Waals surface area contributed by atoms with Crippen LogP contribution >= 0.6 is 0 Å². The molecule has 2 fully saturated rings. The maximum atomic E-state index is 12.1. The Hall–Kier alpha value is -1.24. The molecule has 1 N–H and O–H groups in total. The predicted molar refractivity (Wildman–Crippen MR) is 72.5 cm³/mol. The van der Waals surface area contributed by atoms with Crippen molar-refractivity contribution in [2.75, 3.05) is 0 Å². The highest BCUT2D eigenvalue weighted by atomic mass is 16.6. The third kappa shape index (κ3) is 2.56. The summed E-state index contributed by atoms with van der Waals surface area (Å²) >= 11 is 0. The fraction of sp³-hybridized carbons (Fsp3) is 0.867. The molecule has 0 saturated heterocycles. The van der Waals surface area contributed by atoms with Crippen LogP contribution in [0.5, 0.6) is 0 Å². The molecule has 0 aromatic carbocycles. The smallest absolute Gasteiger partial charge is 0.408 e. The van der Waals surface area contributed by atoms with E-state index in [0.717, 1.165) is 44.9 Å². The van der Waals surface area contributed by atoms with Gasteiger partial charge < -0.3 is 10.1 Å². The second kappa shape index (κ2) is 4.70. The van der Waals surface area contributed by atoms with Crippen molar-refractivity contribution in [3.05, 3.63) is 0 Å². The van der Waals surface area contributed by atoms with E-state index >= 15 is 0 Å². The number of rotatable bonds is 2. The highest BCUT2D eigenvalue weighted by Gasteiger charge is 2.57. The van der Waals surface area contributed by atoms with Gasteiger partial charge in [-0.2, -0.15) is 5.26 Å². The first kappa shape index (κ1) is 14.2. The lowest BCUT2D eigenvalue weighted by Gasteiger charge is -2.50. The lowest BCUT2D eigenvalue weighted by Crippen LogP contribution is -2.61. The molecule has 106 valence electrons. The number of alkyl carbamates (subject to hydrolysis) is 1. The predicted octanol–water partition coefficient (Wildman–Crippen LogP) is 3.52. The van der Waals surface area contributed by atoms with Crippen molar-refractivity contribution < 1.29 is 9.53 Å². The largest absolute Gasteiger partial charge is 0.444 e. The molecular formula is C15H24N2O2. The number of nitrogens with one attached hydrogen (secondary N) is 1. The molecule has 19 heavy (non-hydrogen) atoms. The Morgan fingerprint density at radius 2 is 1.74 bits per heavy atom. The summed E-state index contributed by atoms with van der Waals surface area (Å²) in [4.78, 5) is 12.1. The van der Waals surface area contributed by atoms with Crippen molar-refractivity contribution in [2.24, 2.45) is 5.41 Å². The molecule has 2 rings (SSSR count). The van der Waals surface area contributed by atoms with Gasteiger partial charge in [-0.25, -0.2) is 4.79 Å². The maximum absolute atomic E-state index is 12.1. The number of nitriles is 1. The number of ether oxygens (including phenoxy) is 1. The average molecular weight is 264 g/mol. The van der Waals surface area contributed by atoms with Crippen molar-refractivity contribution in [2.45, 2.75) is 76.9 Å². The van der Waals surface area contributed by atoms with Gasteiger partial charge in [0.05, 0.1) is 17.0 Å². The van der Waals surface area contributed by atoms with Gasteiger partial charge in [-0.05, 0) is 46.5 Å². The number of nitrogens with zero attached hydrogens (tertiary/aromatic N) is 1. The van der Waals surface area contributed by atoms with Gasteiger partial charge in [0.25, 0.3) is 0 Å². The summed E-state index contributed by atoms with van der Waals surface area (Å²) in [6.07, 6.45) is 6.48. The molecule has 0 aliphatic heterocycles. The van der Waals surface area contributed by atoms with Crippen LogP contribution in [-0.2, 0) is 4.74 Å². The van der Waals surface area contributed by atoms with E-state index < -0.39 is 5.60 Å². The molecule has 0 radical (unpaired) electrons. The molecule has 0 aromatic rings. The van der Waals surface area contributed by atoms with Crippen LogP contribution in [0.15, 0.2) is 0 Å². The van der Waals surface area contributed by atoms with Crippen molar-refractivity contribution in [1.29, 1.82) is 5.26 Å². The Morgan fingerprint density at radius 3 is 2.11 bits per heavy atom. The normalized spacial score (nSPS) is 24.1. The van der Waals surface area contributed by atoms with E-state index in [1.807, 2.05) is 20.8 Å². The summed E-state index contributed by atoms with van der Waals surface area (Å²) in [5.74, 6) is 0. The van der Waals surface area contributed by atoms with Crippen molar-refractivity contribution in [3.8, 4) is 6.07 Å². The third-order valence-corrected chi connectivity index (χ3v) is 4.53. The third-order valence-electron chi connectivity index (χ3n) is 4.53. The molecule has 0 atom stereocenters. The van der Waals surface area contributed by atoms with E-state index in [-0.39, 0.29) is 17.0 Å². The maximum Gasteiger partial charge on any atom is 0.408 e. The van der Waals surface area contributed by atoms with Crippen molar-refractivity contribution >= 4 is 6.09 Å². The second-order valence-electron chi connectivity index (χ2n) is 6.96. The van der Waals surface area contributed by atoms with Gasteiger partial charge in [0, 0.05) is 0 Å². The first-order chi connectivity index (χ1) is 8.83. The Morgan fingerprint density at radius 1 is 1.16 bits per heavy atom. The first-order valence-corrected chi connectivity index (χ1v) is 7.25. The number of carbonyl (C=O) groups is 1. The van der Waals surface area contributed by atoms with Crippen LogP contribution < -0.4 is 5.32 Å². The summed E-state index contributed by atoms with van der Waals surface area (Å²) in [5.41, 5.74) is -1.22. The van der Waals surface area contributed by atoms with Crippen LogP contribution in [0.1, 0.15) is 65.7 Å². The fourth-order valence-corrected chi connectivity index (χ4v) is 3.43. The standard InChI is InChI=1S/C15H24N2O2/c1-13(2,3)19-12(18)17-15(9-4-5-10-15)14(11-16)7-6-8-14/h4-10H2,1-3H3,(H,17,18). The van der Waals surface area contributed by atoms with Crippen LogP contribution in [0.3, 0.4) is 0 Å². The molecule has 0 bridgehead atoms. The van der Waals surface area contributed by atoms with E-state index in [9.17, 15) is 10.1 Å². The van der Waals surface area contributed by atoms with E-state index in [2.05, 4.69) is 11.4 Å². The zero-order chi connectivity index (χ0) is 14.1. The Bertz CT molecular complexity index is 393. The van der Waals surface area contributed by atoms with Gasteiger partial charge in [-0.3, -0.25) is 0 Å². The van der Waals surface area contributed by atoms with Gasteiger partial charge in [0.15, 0.2) is 0 Å². The SMILES string of the molecule is CC(C)(C)OC(=O)NC1(C2(C#N)CCC2)CCCC1. The molecule has 4 nitrogen and oxygen atoms in total. The molecule has 0 aromatic heterocycles. The van der Waals surface area contributed by atoms with Crippen LogP contribution in [0.25, 0.3) is 0 Å². The number of hydrogen-bond acceptors (Lipinski definition) is 3. The van der Waals surface area contributed by atoms with Gasteiger partial charge in [0.2, 0.25) is 0 Å². The van der Waals surface area contributed by atoms with Crippen LogP contribution in [-0.4, -0.2) is 17.2 Å². The molecule has 0 spiro atoms. The van der Waals surface area contributed by atoms with Crippen LogP contribution in [0.4, 0.5) is 4.79 Å². The monoisotopic (exact) mass is 264 g/mol. The minimum absolute atomic E-state index is 0.359. The summed E-state index contributed by atoms with van der Waals surface area (Å²) in [6, 6.07) is 2.50. The quantitative estimate of drug-likeness (QED) is 0.830. The van der Waals surface area contributed by atoms with E-state index in [0.29, 0.717) is 0 Å². The van der Waals surface area contributed by atoms with Crippen molar-refractivity contribution in [3.63, 3.8) is 0 Å². The van der Waals surface area contributed by atoms with Gasteiger partial charge in [-0.15, -0.1) is 0 Å². The molecule has 2 aliphatic carbocycles. The van der Waals surface area contributed by atoms with E-state index in [1.54, 1.807) is 0 Å². The van der Waals surface area contributed by atoms with E-state index in [4.69, 9.17) is 4.74 Å². The molecule has 2 saturated carbocycles. The molecule has 2 aliphatic rings. The summed E-state index contributed by atoms with van der Waals surface area (Å²) in [6.45, 7) is 5.58. The van der Waals surface area contributed by atoms with Crippen molar-refractivity contribution in [1.82, 2.24) is 5.32 Å². The first-order valence-electron chi connectivity index (χ1n) is 7.25. The van der Waals surface area contributed by atoms with Crippen LogP contribution in [0.2, 0.25) is 0 Å². The number of carbonyl (C=O) groups excluding carboxylic acids is 1. The molecular weight excluding hydrogens is 240 g/mol. The molecule has 4 heteroatoms. The zero-order valence-corrected chi connectivity index (χ0v) is 12.2. The topological polar surface area (TPSA) is 62.1 Å². The minimum Gasteiger partial charge on any atom is -0.444 e. The van der Waals surface area contributed by atoms with Gasteiger partial charge in [-0.1, -0.05) is 19.3 Å². The lowest BCUT2D eigenvalue weighted by molar-refractivity contribution is 0.0179. The van der Waals surface area contributed by atoms with Gasteiger partial charge >= 0.3 is 6.09 Å². The zero-order valence-electron chi connectivity index (χ0n) is 12.2. The summed E-state index contributed by atoms with van der Waals surface area (Å²) in [5, 5.41) is 12.6. The van der Waals surface area contributed by atoms with E-state index in [1.165, 1.54) is 0 Å².